The number of rotatable bonds is 8. The van der Waals surface area contributed by atoms with Crippen molar-refractivity contribution in [1.29, 1.82) is 0 Å². The molecule has 37 heavy (non-hydrogen) atoms. The number of benzene rings is 2. The van der Waals surface area contributed by atoms with E-state index in [0.717, 1.165) is 11.1 Å². The van der Waals surface area contributed by atoms with Crippen LogP contribution in [0.25, 0.3) is 0 Å². The second kappa shape index (κ2) is 14.1. The molecular weight excluding hydrogens is 484 g/mol. The number of hydrogen-bond acceptors (Lipinski definition) is 8. The van der Waals surface area contributed by atoms with E-state index in [1.165, 1.54) is 0 Å². The Morgan fingerprint density at radius 1 is 0.811 bits per heavy atom. The van der Waals surface area contributed by atoms with E-state index in [-0.39, 0.29) is 13.2 Å². The normalized spacial score (nSPS) is 11.3. The largest absolute Gasteiger partial charge is 0.480 e. The molecule has 0 aromatic heterocycles. The first-order valence-corrected chi connectivity index (χ1v) is 11.2. The first kappa shape index (κ1) is 28.6. The Kier molecular flexibility index (Phi) is 10.9. The summed E-state index contributed by atoms with van der Waals surface area (Å²) >= 11 is 0. The zero-order valence-electron chi connectivity index (χ0n) is 20.7. The minimum atomic E-state index is -1.52. The minimum absolute atomic E-state index is 0.0592. The van der Waals surface area contributed by atoms with E-state index in [9.17, 15) is 24.3 Å². The molecule has 2 rings (SSSR count). The lowest BCUT2D eigenvalue weighted by Crippen LogP contribution is -2.48. The fourth-order valence-electron chi connectivity index (χ4n) is 2.64. The third-order valence-corrected chi connectivity index (χ3v) is 4.29. The lowest BCUT2D eigenvalue weighted by molar-refractivity contribution is -0.139. The van der Waals surface area contributed by atoms with E-state index in [1.807, 2.05) is 12.1 Å². The van der Waals surface area contributed by atoms with E-state index < -0.39 is 48.4 Å². The number of carbonyl (C=O) groups excluding carboxylic acids is 3. The summed E-state index contributed by atoms with van der Waals surface area (Å²) in [4.78, 5) is 52.1. The monoisotopic (exact) mass is 514 g/mol. The summed E-state index contributed by atoms with van der Waals surface area (Å²) in [6.45, 7) is 4.19. The summed E-state index contributed by atoms with van der Waals surface area (Å²) in [5.41, 5.74) is 0.591. The van der Waals surface area contributed by atoms with Crippen molar-refractivity contribution in [2.75, 3.05) is 6.54 Å². The Labute approximate surface area is 214 Å². The second-order valence-corrected chi connectivity index (χ2v) is 8.60. The number of amides is 3. The molecule has 0 heterocycles. The van der Waals surface area contributed by atoms with Gasteiger partial charge in [0.15, 0.2) is 0 Å². The highest BCUT2D eigenvalue weighted by Gasteiger charge is 2.24. The van der Waals surface area contributed by atoms with Gasteiger partial charge in [-0.1, -0.05) is 60.7 Å². The molecule has 2 aromatic carbocycles. The van der Waals surface area contributed by atoms with Crippen LogP contribution in [0.4, 0.5) is 14.4 Å². The third-order valence-electron chi connectivity index (χ3n) is 4.29. The second-order valence-electron chi connectivity index (χ2n) is 8.60. The Morgan fingerprint density at radius 3 is 1.68 bits per heavy atom. The molecule has 198 valence electrons. The molecule has 0 aliphatic rings. The molecule has 0 aliphatic heterocycles. The highest BCUT2D eigenvalue weighted by Crippen LogP contribution is 2.07. The van der Waals surface area contributed by atoms with Crippen LogP contribution >= 0.6 is 0 Å². The zero-order chi connectivity index (χ0) is 27.3. The van der Waals surface area contributed by atoms with Crippen LogP contribution in [0, 0.1) is 0 Å². The van der Waals surface area contributed by atoms with Gasteiger partial charge in [0.1, 0.15) is 24.9 Å². The van der Waals surface area contributed by atoms with E-state index in [4.69, 9.17) is 14.2 Å². The van der Waals surface area contributed by atoms with Crippen LogP contribution in [0.3, 0.4) is 0 Å². The van der Waals surface area contributed by atoms with Crippen molar-refractivity contribution < 1.29 is 38.5 Å². The number of aliphatic carboxylic acids is 1. The van der Waals surface area contributed by atoms with Crippen molar-refractivity contribution in [1.82, 2.24) is 16.0 Å². The Bertz CT molecular complexity index is 1030. The van der Waals surface area contributed by atoms with E-state index in [0.29, 0.717) is 0 Å². The van der Waals surface area contributed by atoms with Crippen molar-refractivity contribution in [3.8, 4) is 0 Å². The molecule has 0 saturated heterocycles. The highest BCUT2D eigenvalue weighted by molar-refractivity contribution is 6.01. The maximum Gasteiger partial charge on any atom is 0.414 e. The molecular formula is C25H30N4O8. The van der Waals surface area contributed by atoms with Gasteiger partial charge in [-0.05, 0) is 31.9 Å². The molecule has 0 bridgehead atoms. The van der Waals surface area contributed by atoms with Gasteiger partial charge in [-0.25, -0.2) is 24.2 Å². The predicted octanol–water partition coefficient (Wildman–Crippen LogP) is 3.17. The quantitative estimate of drug-likeness (QED) is 0.237. The van der Waals surface area contributed by atoms with Gasteiger partial charge in [-0.15, -0.1) is 0 Å². The first-order valence-electron chi connectivity index (χ1n) is 11.2. The topological polar surface area (TPSA) is 165 Å². The van der Waals surface area contributed by atoms with Crippen LogP contribution in [-0.4, -0.2) is 53.5 Å². The van der Waals surface area contributed by atoms with Crippen LogP contribution < -0.4 is 16.0 Å². The summed E-state index contributed by atoms with van der Waals surface area (Å²) in [7, 11) is 0. The molecule has 12 heteroatoms. The number of guanidine groups is 1. The minimum Gasteiger partial charge on any atom is -0.480 e. The first-order chi connectivity index (χ1) is 17.5. The van der Waals surface area contributed by atoms with Gasteiger partial charge in [0.05, 0.1) is 6.54 Å². The van der Waals surface area contributed by atoms with Crippen molar-refractivity contribution in [2.24, 2.45) is 4.99 Å². The highest BCUT2D eigenvalue weighted by atomic mass is 16.6. The van der Waals surface area contributed by atoms with Crippen LogP contribution in [0.15, 0.2) is 65.7 Å². The molecule has 0 spiro atoms. The van der Waals surface area contributed by atoms with Crippen LogP contribution in [0.2, 0.25) is 0 Å². The van der Waals surface area contributed by atoms with E-state index in [2.05, 4.69) is 20.9 Å². The molecule has 0 saturated carbocycles. The number of alkyl carbamates (subject to hydrolysis) is 3. The number of carbonyl (C=O) groups is 4. The van der Waals surface area contributed by atoms with Crippen molar-refractivity contribution in [3.63, 3.8) is 0 Å². The Hall–Kier alpha value is -4.61. The van der Waals surface area contributed by atoms with Gasteiger partial charge in [0.25, 0.3) is 0 Å². The summed E-state index contributed by atoms with van der Waals surface area (Å²) in [6, 6.07) is 16.2. The number of nitrogens with one attached hydrogen (secondary N) is 3. The maximum absolute atomic E-state index is 12.3. The number of aliphatic imine (C=N–C) groups is 1. The molecule has 0 unspecified atom stereocenters. The molecule has 4 N–H and O–H groups in total. The van der Waals surface area contributed by atoms with Gasteiger partial charge in [-0.3, -0.25) is 10.6 Å². The Morgan fingerprint density at radius 2 is 1.27 bits per heavy atom. The average Bonchev–Trinajstić information content (AvgIpc) is 2.84. The van der Waals surface area contributed by atoms with E-state index >= 15 is 0 Å². The molecule has 0 radical (unpaired) electrons. The smallest absolute Gasteiger partial charge is 0.414 e. The molecule has 12 nitrogen and oxygen atoms in total. The van der Waals surface area contributed by atoms with Crippen molar-refractivity contribution in [2.45, 2.75) is 45.6 Å². The summed E-state index contributed by atoms with van der Waals surface area (Å²) in [5, 5.41) is 16.1. The van der Waals surface area contributed by atoms with E-state index in [1.54, 1.807) is 69.3 Å². The lowest BCUT2D eigenvalue weighted by atomic mass is 10.2. The fraction of sp³-hybridized carbons (Fsp3) is 0.320. The number of carboxylic acid groups (broad SMARTS) is 1. The van der Waals surface area contributed by atoms with Gasteiger partial charge in [0.2, 0.25) is 5.96 Å². The van der Waals surface area contributed by atoms with Crippen molar-refractivity contribution >= 4 is 30.2 Å². The molecule has 0 aliphatic carbocycles. The Balaban J connectivity index is 2.06. The molecule has 3 amide bonds. The summed E-state index contributed by atoms with van der Waals surface area (Å²) in [6.07, 6.45) is -2.89. The standard InChI is InChI=1S/C25H30N4O8/c1-25(2,3)37-24(34)27-19(20(30)31)14-26-21(28-22(32)35-15-17-10-6-4-7-11-17)29-23(33)36-16-18-12-8-5-9-13-18/h4-13,19H,14-16H2,1-3H3,(H,27,34)(H,30,31)(H2,26,28,29,32,33)/t19-/m1/s1. The van der Waals surface area contributed by atoms with Gasteiger partial charge < -0.3 is 24.6 Å². The van der Waals surface area contributed by atoms with Gasteiger partial charge >= 0.3 is 24.2 Å². The van der Waals surface area contributed by atoms with Crippen LogP contribution in [0.5, 0.6) is 0 Å². The number of carboxylic acids is 1. The number of hydrogen-bond donors (Lipinski definition) is 4. The summed E-state index contributed by atoms with van der Waals surface area (Å²) < 4.78 is 15.3. The van der Waals surface area contributed by atoms with Gasteiger partial charge in [0, 0.05) is 0 Å². The zero-order valence-corrected chi connectivity index (χ0v) is 20.7. The lowest BCUT2D eigenvalue weighted by Gasteiger charge is -2.21. The predicted molar refractivity (Wildman–Crippen MR) is 133 cm³/mol. The maximum atomic E-state index is 12.3. The summed E-state index contributed by atoms with van der Waals surface area (Å²) in [5.74, 6) is -1.85. The van der Waals surface area contributed by atoms with Gasteiger partial charge in [-0.2, -0.15) is 0 Å². The van der Waals surface area contributed by atoms with Crippen LogP contribution in [0.1, 0.15) is 31.9 Å². The third kappa shape index (κ3) is 12.1. The number of nitrogens with zero attached hydrogens (tertiary/aromatic N) is 1. The number of ether oxygens (including phenoxy) is 3. The fourth-order valence-corrected chi connectivity index (χ4v) is 2.64. The average molecular weight is 515 g/mol. The van der Waals surface area contributed by atoms with Crippen LogP contribution in [-0.2, 0) is 32.2 Å². The van der Waals surface area contributed by atoms with Crippen molar-refractivity contribution in [3.05, 3.63) is 71.8 Å². The molecule has 2 aromatic rings. The molecule has 0 fully saturated rings. The SMILES string of the molecule is CC(C)(C)OC(=O)N[C@H](CN=C(NC(=O)OCc1ccccc1)NC(=O)OCc1ccccc1)C(=O)O. The molecule has 1 atom stereocenters.